The molecule has 0 rings (SSSR count). The lowest BCUT2D eigenvalue weighted by Crippen LogP contribution is -1.53. The summed E-state index contributed by atoms with van der Waals surface area (Å²) < 4.78 is 0. The normalized spacial score (nSPS) is 5.88. The molecule has 0 aromatic carbocycles. The van der Waals surface area contributed by atoms with Gasteiger partial charge in [-0.3, -0.25) is 25.8 Å². The molecule has 0 saturated carbocycles. The fourth-order valence-electron chi connectivity index (χ4n) is 0.144. The van der Waals surface area contributed by atoms with Crippen LogP contribution in [-0.4, -0.2) is 16.0 Å². The SMILES string of the molecule is [Br][Mg][Br].[CH2]CCC=C. The first-order valence-electron chi connectivity index (χ1n) is 2.35. The summed E-state index contributed by atoms with van der Waals surface area (Å²) in [6.07, 6.45) is 3.89. The molecule has 0 heterocycles. The summed E-state index contributed by atoms with van der Waals surface area (Å²) in [6, 6.07) is 0. The molecule has 0 atom stereocenters. The Balaban J connectivity index is 0. The van der Waals surface area contributed by atoms with Crippen LogP contribution in [0.1, 0.15) is 12.8 Å². The van der Waals surface area contributed by atoms with Crippen LogP contribution in [0.2, 0.25) is 0 Å². The number of hydrogen-bond donors (Lipinski definition) is 0. The number of hydrogen-bond acceptors (Lipinski definition) is 0. The standard InChI is InChI=1S/C5H9.2BrH.Mg/c1-3-5-4-2;;;/h3H,1-2,4-5H2;2*1H;/q;;;+2/p-2. The molecule has 0 aliphatic carbocycles. The second-order valence-corrected chi connectivity index (χ2v) is 9.11. The van der Waals surface area contributed by atoms with Crippen LogP contribution in [0.5, 0.6) is 0 Å². The Morgan fingerprint density at radius 1 is 1.50 bits per heavy atom. The summed E-state index contributed by atoms with van der Waals surface area (Å²) >= 11 is 6.44. The second kappa shape index (κ2) is 15.8. The molecule has 0 saturated heterocycles. The largest absolute Gasteiger partial charge is 0.560 e. The van der Waals surface area contributed by atoms with Crippen molar-refractivity contribution in [1.29, 1.82) is 0 Å². The minimum atomic E-state index is 0.0417. The van der Waals surface area contributed by atoms with Crippen molar-refractivity contribution in [3.8, 4) is 0 Å². The van der Waals surface area contributed by atoms with E-state index in [0.717, 1.165) is 12.8 Å². The molecular weight excluding hydrogens is 244 g/mol. The van der Waals surface area contributed by atoms with E-state index in [1.54, 1.807) is 0 Å². The first kappa shape index (κ1) is 12.2. The lowest BCUT2D eigenvalue weighted by molar-refractivity contribution is 1.05. The van der Waals surface area contributed by atoms with E-state index < -0.39 is 0 Å². The van der Waals surface area contributed by atoms with Crippen molar-refractivity contribution >= 4 is 41.8 Å². The lowest BCUT2D eigenvalue weighted by Gasteiger charge is -1.72. The molecule has 0 spiro atoms. The molecule has 0 aromatic rings. The highest BCUT2D eigenvalue weighted by Gasteiger charge is 1.62. The van der Waals surface area contributed by atoms with Gasteiger partial charge in [-0.05, 0) is 12.8 Å². The molecule has 0 amide bonds. The summed E-state index contributed by atoms with van der Waals surface area (Å²) in [5, 5.41) is 0. The quantitative estimate of drug-likeness (QED) is 0.524. The van der Waals surface area contributed by atoms with Crippen molar-refractivity contribution < 1.29 is 0 Å². The highest BCUT2D eigenvalue weighted by Crippen LogP contribution is 1.81. The van der Waals surface area contributed by atoms with Crippen LogP contribution in [0.15, 0.2) is 12.7 Å². The molecule has 3 heteroatoms. The van der Waals surface area contributed by atoms with E-state index in [0.29, 0.717) is 0 Å². The lowest BCUT2D eigenvalue weighted by atomic mass is 10.3. The monoisotopic (exact) mass is 251 g/mol. The predicted octanol–water partition coefficient (Wildman–Crippen LogP) is 3.10. The van der Waals surface area contributed by atoms with Gasteiger partial charge in [0, 0.05) is 0 Å². The third-order valence-corrected chi connectivity index (χ3v) is 0.408. The van der Waals surface area contributed by atoms with Crippen LogP contribution in [0.3, 0.4) is 0 Å². The number of allylic oxidation sites excluding steroid dienone is 1. The van der Waals surface area contributed by atoms with E-state index in [9.17, 15) is 0 Å². The topological polar surface area (TPSA) is 0 Å². The Hall–Kier alpha value is 1.47. The first-order chi connectivity index (χ1) is 3.83. The molecule has 8 heavy (non-hydrogen) atoms. The van der Waals surface area contributed by atoms with E-state index in [1.807, 2.05) is 6.08 Å². The number of halogens is 2. The molecule has 0 aromatic heterocycles. The maximum Gasteiger partial charge on any atom is 0.560 e. The fourth-order valence-corrected chi connectivity index (χ4v) is 0.144. The van der Waals surface area contributed by atoms with Crippen molar-refractivity contribution in [3.63, 3.8) is 0 Å². The van der Waals surface area contributed by atoms with E-state index in [-0.39, 0.29) is 16.0 Å². The fraction of sp³-hybridized carbons (Fsp3) is 0.400. The molecule has 45 valence electrons. The summed E-state index contributed by atoms with van der Waals surface area (Å²) in [6.45, 7) is 7.11. The molecule has 0 fully saturated rings. The molecule has 0 N–H and O–H groups in total. The molecule has 1 radical (unpaired) electrons. The number of unbranched alkanes of at least 4 members (excludes halogenated alkanes) is 1. The molecule has 0 bridgehead atoms. The smallest absolute Gasteiger partial charge is 0.280 e. The van der Waals surface area contributed by atoms with Crippen molar-refractivity contribution in [3.05, 3.63) is 19.6 Å². The van der Waals surface area contributed by atoms with E-state index in [1.165, 1.54) is 0 Å². The van der Waals surface area contributed by atoms with Crippen LogP contribution in [0.25, 0.3) is 0 Å². The maximum absolute atomic E-state index is 3.60. The van der Waals surface area contributed by atoms with Gasteiger partial charge < -0.3 is 0 Å². The molecule has 0 aliphatic rings. The summed E-state index contributed by atoms with van der Waals surface area (Å²) in [5.74, 6) is 0. The van der Waals surface area contributed by atoms with Crippen LogP contribution in [0, 0.1) is 6.92 Å². The molecular formula is C5H9Br2Mg. The van der Waals surface area contributed by atoms with Crippen molar-refractivity contribution in [1.82, 2.24) is 0 Å². The Labute approximate surface area is 73.6 Å². The Morgan fingerprint density at radius 3 is 1.88 bits per heavy atom. The van der Waals surface area contributed by atoms with Gasteiger partial charge in [-0.25, -0.2) is 0 Å². The van der Waals surface area contributed by atoms with Gasteiger partial charge in [0.1, 0.15) is 0 Å². The molecule has 0 unspecified atom stereocenters. The average molecular weight is 253 g/mol. The van der Waals surface area contributed by atoms with Gasteiger partial charge >= 0.3 is 16.0 Å². The van der Waals surface area contributed by atoms with Gasteiger partial charge in [-0.15, -0.1) is 6.58 Å². The summed E-state index contributed by atoms with van der Waals surface area (Å²) in [4.78, 5) is 0. The minimum absolute atomic E-state index is 0.0417. The summed E-state index contributed by atoms with van der Waals surface area (Å²) in [7, 11) is 0. The molecule has 0 nitrogen and oxygen atoms in total. The van der Waals surface area contributed by atoms with Gasteiger partial charge in [0.25, 0.3) is 0 Å². The van der Waals surface area contributed by atoms with Crippen LogP contribution in [-0.2, 0) is 0 Å². The van der Waals surface area contributed by atoms with Gasteiger partial charge in [-0.1, -0.05) is 13.0 Å². The van der Waals surface area contributed by atoms with Crippen LogP contribution >= 0.6 is 25.8 Å². The Kier molecular flexibility index (Phi) is 24.0. The Bertz CT molecular complexity index is 39.4. The van der Waals surface area contributed by atoms with Crippen molar-refractivity contribution in [2.75, 3.05) is 0 Å². The average Bonchev–Trinajstić information content (AvgIpc) is 1.71. The predicted molar refractivity (Wildman–Crippen MR) is 48.4 cm³/mol. The van der Waals surface area contributed by atoms with E-state index >= 15 is 0 Å². The highest BCUT2D eigenvalue weighted by atomic mass is 79.9. The second-order valence-electron chi connectivity index (χ2n) is 1.03. The Morgan fingerprint density at radius 2 is 1.88 bits per heavy atom. The highest BCUT2D eigenvalue weighted by molar-refractivity contribution is 9.47. The zero-order valence-corrected chi connectivity index (χ0v) is 9.46. The van der Waals surface area contributed by atoms with E-state index in [4.69, 9.17) is 0 Å². The van der Waals surface area contributed by atoms with E-state index in [2.05, 4.69) is 39.3 Å². The zero-order chi connectivity index (χ0) is 6.83. The van der Waals surface area contributed by atoms with Crippen LogP contribution < -0.4 is 0 Å². The zero-order valence-electron chi connectivity index (χ0n) is 4.87. The van der Waals surface area contributed by atoms with Gasteiger partial charge in [0.05, 0.1) is 0 Å². The van der Waals surface area contributed by atoms with Crippen molar-refractivity contribution in [2.24, 2.45) is 0 Å². The van der Waals surface area contributed by atoms with Gasteiger partial charge in [0.15, 0.2) is 0 Å². The maximum atomic E-state index is 3.60. The first-order valence-corrected chi connectivity index (χ1v) is 10.1. The summed E-state index contributed by atoms with van der Waals surface area (Å²) in [5.41, 5.74) is 0. The third-order valence-electron chi connectivity index (χ3n) is 0.408. The van der Waals surface area contributed by atoms with Crippen molar-refractivity contribution in [2.45, 2.75) is 12.8 Å². The minimum Gasteiger partial charge on any atom is -0.280 e. The van der Waals surface area contributed by atoms with Gasteiger partial charge in [0.2, 0.25) is 0 Å². The number of rotatable bonds is 2. The molecule has 0 aliphatic heterocycles. The van der Waals surface area contributed by atoms with Crippen LogP contribution in [0.4, 0.5) is 0 Å². The van der Waals surface area contributed by atoms with Gasteiger partial charge in [-0.2, -0.15) is 0 Å². The third kappa shape index (κ3) is 26.0.